The van der Waals surface area contributed by atoms with E-state index in [2.05, 4.69) is 35.6 Å². The van der Waals surface area contributed by atoms with E-state index in [1.807, 2.05) is 32.0 Å². The first-order valence-corrected chi connectivity index (χ1v) is 8.61. The summed E-state index contributed by atoms with van der Waals surface area (Å²) < 4.78 is 5.76. The first kappa shape index (κ1) is 16.6. The molecule has 24 heavy (non-hydrogen) atoms. The van der Waals surface area contributed by atoms with Crippen LogP contribution in [0, 0.1) is 13.8 Å². The summed E-state index contributed by atoms with van der Waals surface area (Å²) in [5, 5.41) is 3.08. The molecule has 3 heteroatoms. The lowest BCUT2D eigenvalue weighted by atomic mass is 9.96. The molecular weight excluding hydrogens is 298 g/mol. The molecule has 2 aromatic carbocycles. The highest BCUT2D eigenvalue weighted by Crippen LogP contribution is 2.47. The van der Waals surface area contributed by atoms with Crippen molar-refractivity contribution in [2.75, 3.05) is 13.2 Å². The van der Waals surface area contributed by atoms with Gasteiger partial charge in [-0.1, -0.05) is 42.5 Å². The monoisotopic (exact) mass is 323 g/mol. The molecule has 0 radical (unpaired) electrons. The van der Waals surface area contributed by atoms with Crippen molar-refractivity contribution in [2.45, 2.75) is 38.5 Å². The van der Waals surface area contributed by atoms with Crippen LogP contribution < -0.4 is 10.1 Å². The molecule has 0 aliphatic heterocycles. The Labute approximate surface area is 144 Å². The quantitative estimate of drug-likeness (QED) is 0.838. The number of carbonyl (C=O) groups excluding carboxylic acids is 1. The molecule has 126 valence electrons. The van der Waals surface area contributed by atoms with Crippen molar-refractivity contribution in [1.29, 1.82) is 0 Å². The van der Waals surface area contributed by atoms with Gasteiger partial charge in [0, 0.05) is 12.0 Å². The number of rotatable bonds is 7. The molecule has 1 aliphatic rings. The van der Waals surface area contributed by atoms with Gasteiger partial charge in [0.05, 0.1) is 13.0 Å². The predicted octanol–water partition coefficient (Wildman–Crippen LogP) is 3.92. The van der Waals surface area contributed by atoms with E-state index in [1.54, 1.807) is 0 Å². The predicted molar refractivity (Wildman–Crippen MR) is 96.4 cm³/mol. The van der Waals surface area contributed by atoms with E-state index < -0.39 is 0 Å². The highest BCUT2D eigenvalue weighted by atomic mass is 16.5. The summed E-state index contributed by atoms with van der Waals surface area (Å²) in [5.41, 5.74) is 3.75. The Morgan fingerprint density at radius 1 is 1.12 bits per heavy atom. The fourth-order valence-corrected chi connectivity index (χ4v) is 2.98. The van der Waals surface area contributed by atoms with Crippen LogP contribution in [0.4, 0.5) is 0 Å². The minimum absolute atomic E-state index is 0.0579. The summed E-state index contributed by atoms with van der Waals surface area (Å²) in [6.07, 6.45) is 2.69. The molecule has 0 saturated heterocycles. The fraction of sp³-hybridized carbons (Fsp3) is 0.381. The molecule has 1 aliphatic carbocycles. The molecule has 3 rings (SSSR count). The second-order valence-electron chi connectivity index (χ2n) is 6.79. The summed E-state index contributed by atoms with van der Waals surface area (Å²) in [6.45, 7) is 5.19. The lowest BCUT2D eigenvalue weighted by Crippen LogP contribution is -2.33. The van der Waals surface area contributed by atoms with Crippen LogP contribution in [0.2, 0.25) is 0 Å². The van der Waals surface area contributed by atoms with Gasteiger partial charge in [-0.25, -0.2) is 0 Å². The van der Waals surface area contributed by atoms with E-state index in [0.717, 1.165) is 30.7 Å². The van der Waals surface area contributed by atoms with Gasteiger partial charge in [-0.2, -0.15) is 0 Å². The summed E-state index contributed by atoms with van der Waals surface area (Å²) in [7, 11) is 0. The van der Waals surface area contributed by atoms with E-state index in [9.17, 15) is 4.79 Å². The number of hydrogen-bond donors (Lipinski definition) is 1. The first-order valence-electron chi connectivity index (χ1n) is 8.61. The molecular formula is C21H25NO2. The third-order valence-electron chi connectivity index (χ3n) is 4.79. The van der Waals surface area contributed by atoms with Gasteiger partial charge in [-0.15, -0.1) is 0 Å². The maximum Gasteiger partial charge on any atom is 0.223 e. The van der Waals surface area contributed by atoms with E-state index in [-0.39, 0.29) is 11.3 Å². The average molecular weight is 323 g/mol. The van der Waals surface area contributed by atoms with Crippen molar-refractivity contribution in [3.8, 4) is 5.75 Å². The number of aryl methyl sites for hydroxylation is 2. The first-order chi connectivity index (χ1) is 11.6. The van der Waals surface area contributed by atoms with Crippen LogP contribution in [-0.4, -0.2) is 19.1 Å². The lowest BCUT2D eigenvalue weighted by Gasteiger charge is -2.17. The summed E-state index contributed by atoms with van der Waals surface area (Å²) in [6, 6.07) is 16.6. The van der Waals surface area contributed by atoms with E-state index in [1.165, 1.54) is 11.1 Å². The molecule has 1 fully saturated rings. The molecule has 0 heterocycles. The maximum absolute atomic E-state index is 12.1. The van der Waals surface area contributed by atoms with Crippen LogP contribution in [0.1, 0.15) is 36.0 Å². The Balaban J connectivity index is 1.44. The van der Waals surface area contributed by atoms with Crippen molar-refractivity contribution in [1.82, 2.24) is 5.32 Å². The van der Waals surface area contributed by atoms with Crippen LogP contribution in [0.25, 0.3) is 0 Å². The summed E-state index contributed by atoms with van der Waals surface area (Å²) >= 11 is 0. The zero-order valence-corrected chi connectivity index (χ0v) is 14.5. The van der Waals surface area contributed by atoms with Gasteiger partial charge in [0.1, 0.15) is 5.75 Å². The highest BCUT2D eigenvalue weighted by molar-refractivity contribution is 5.76. The van der Waals surface area contributed by atoms with Gasteiger partial charge >= 0.3 is 0 Å². The molecule has 2 aromatic rings. The second-order valence-corrected chi connectivity index (χ2v) is 6.79. The van der Waals surface area contributed by atoms with E-state index >= 15 is 0 Å². The maximum atomic E-state index is 12.1. The molecule has 0 aromatic heterocycles. The zero-order valence-electron chi connectivity index (χ0n) is 14.5. The van der Waals surface area contributed by atoms with Crippen molar-refractivity contribution < 1.29 is 9.53 Å². The van der Waals surface area contributed by atoms with Crippen molar-refractivity contribution in [3.63, 3.8) is 0 Å². The molecule has 0 atom stereocenters. The number of nitrogens with one attached hydrogen (secondary N) is 1. The average Bonchev–Trinajstić information content (AvgIpc) is 3.38. The van der Waals surface area contributed by atoms with Gasteiger partial charge in [0.25, 0.3) is 0 Å². The molecule has 0 unspecified atom stereocenters. The Morgan fingerprint density at radius 3 is 2.58 bits per heavy atom. The van der Waals surface area contributed by atoms with Crippen LogP contribution >= 0.6 is 0 Å². The smallest absolute Gasteiger partial charge is 0.223 e. The molecule has 3 nitrogen and oxygen atoms in total. The van der Waals surface area contributed by atoms with Crippen LogP contribution in [0.5, 0.6) is 5.75 Å². The minimum atomic E-state index is 0.0579. The topological polar surface area (TPSA) is 38.3 Å². The highest BCUT2D eigenvalue weighted by Gasteiger charge is 2.44. The summed E-state index contributed by atoms with van der Waals surface area (Å²) in [4.78, 5) is 12.1. The van der Waals surface area contributed by atoms with E-state index in [0.29, 0.717) is 13.0 Å². The van der Waals surface area contributed by atoms with Gasteiger partial charge < -0.3 is 10.1 Å². The molecule has 1 N–H and O–H groups in total. The number of ether oxygens (including phenoxy) is 1. The Hall–Kier alpha value is -2.29. The number of hydrogen-bond acceptors (Lipinski definition) is 2. The van der Waals surface area contributed by atoms with Crippen LogP contribution in [0.3, 0.4) is 0 Å². The number of carbonyl (C=O) groups is 1. The fourth-order valence-electron chi connectivity index (χ4n) is 2.98. The van der Waals surface area contributed by atoms with Gasteiger partial charge in [-0.05, 0) is 49.4 Å². The standard InChI is InChI=1S/C21H25NO2/c1-16-8-9-17(2)19(14-16)24-13-10-20(23)22-15-21(11-12-21)18-6-4-3-5-7-18/h3-9,14H,10-13,15H2,1-2H3,(H,22,23). The summed E-state index contributed by atoms with van der Waals surface area (Å²) in [5.74, 6) is 0.924. The van der Waals surface area contributed by atoms with Gasteiger partial charge in [0.15, 0.2) is 0 Å². The lowest BCUT2D eigenvalue weighted by molar-refractivity contribution is -0.121. The van der Waals surface area contributed by atoms with Crippen molar-refractivity contribution >= 4 is 5.91 Å². The molecule has 1 saturated carbocycles. The minimum Gasteiger partial charge on any atom is -0.493 e. The Bertz CT molecular complexity index is 705. The second kappa shape index (κ2) is 7.08. The van der Waals surface area contributed by atoms with E-state index in [4.69, 9.17) is 4.74 Å². The van der Waals surface area contributed by atoms with Gasteiger partial charge in [0.2, 0.25) is 5.91 Å². The SMILES string of the molecule is Cc1ccc(C)c(OCCC(=O)NCC2(c3ccccc3)CC2)c1. The number of benzene rings is 2. The third kappa shape index (κ3) is 3.97. The van der Waals surface area contributed by atoms with Crippen molar-refractivity contribution in [3.05, 3.63) is 65.2 Å². The van der Waals surface area contributed by atoms with Crippen LogP contribution in [-0.2, 0) is 10.2 Å². The Morgan fingerprint density at radius 2 is 1.88 bits per heavy atom. The Kier molecular flexibility index (Phi) is 4.89. The largest absolute Gasteiger partial charge is 0.493 e. The molecule has 0 bridgehead atoms. The number of amides is 1. The molecule has 1 amide bonds. The zero-order chi connectivity index (χ0) is 17.0. The molecule has 0 spiro atoms. The van der Waals surface area contributed by atoms with Crippen LogP contribution in [0.15, 0.2) is 48.5 Å². The van der Waals surface area contributed by atoms with Gasteiger partial charge in [-0.3, -0.25) is 4.79 Å². The third-order valence-corrected chi connectivity index (χ3v) is 4.79. The van der Waals surface area contributed by atoms with Crippen molar-refractivity contribution in [2.24, 2.45) is 0 Å². The normalized spacial score (nSPS) is 14.9.